The normalized spacial score (nSPS) is 21.3. The van der Waals surface area contributed by atoms with Crippen molar-refractivity contribution in [1.29, 1.82) is 0 Å². The largest absolute Gasteiger partial charge is 0.370 e. The van der Waals surface area contributed by atoms with Crippen molar-refractivity contribution in [3.05, 3.63) is 22.8 Å². The number of rotatable bonds is 3. The van der Waals surface area contributed by atoms with Crippen molar-refractivity contribution in [1.82, 2.24) is 15.3 Å². The Balaban J connectivity index is 2.07. The van der Waals surface area contributed by atoms with Crippen molar-refractivity contribution in [3.8, 4) is 0 Å². The summed E-state index contributed by atoms with van der Waals surface area (Å²) < 4.78 is 5.95. The molecule has 1 aromatic heterocycles. The number of methoxy groups -OCH3 is 1. The van der Waals surface area contributed by atoms with Crippen LogP contribution in [0.3, 0.4) is 0 Å². The maximum atomic E-state index is 5.95. The zero-order valence-electron chi connectivity index (χ0n) is 13.5. The lowest BCUT2D eigenvalue weighted by Gasteiger charge is -2.36. The van der Waals surface area contributed by atoms with E-state index >= 15 is 0 Å². The maximum absolute atomic E-state index is 5.95. The van der Waals surface area contributed by atoms with E-state index < -0.39 is 0 Å². The van der Waals surface area contributed by atoms with E-state index in [0.717, 1.165) is 38.2 Å². The highest BCUT2D eigenvalue weighted by molar-refractivity contribution is 5.31. The van der Waals surface area contributed by atoms with Crippen LogP contribution in [0.15, 0.2) is 0 Å². The van der Waals surface area contributed by atoms with Crippen molar-refractivity contribution in [3.63, 3.8) is 0 Å². The van der Waals surface area contributed by atoms with Gasteiger partial charge in [-0.3, -0.25) is 0 Å². The van der Waals surface area contributed by atoms with Crippen LogP contribution in [-0.2, 0) is 23.3 Å². The number of hydrogen-bond donors (Lipinski definition) is 1. The summed E-state index contributed by atoms with van der Waals surface area (Å²) in [5.74, 6) is 1.37. The van der Waals surface area contributed by atoms with Crippen LogP contribution in [0.4, 0.5) is 0 Å². The standard InChI is InChI=1S/C17H27N3O/c1-12(2)15-13-11-18-10-7-14(13)19-16(20-15)17(21-3)8-5-4-6-9-17/h12,18H,4-11H2,1-3H3. The summed E-state index contributed by atoms with van der Waals surface area (Å²) in [5, 5.41) is 3.45. The van der Waals surface area contributed by atoms with Gasteiger partial charge in [0.2, 0.25) is 0 Å². The zero-order valence-corrected chi connectivity index (χ0v) is 13.5. The van der Waals surface area contributed by atoms with Gasteiger partial charge in [0.05, 0.1) is 11.4 Å². The molecule has 0 bridgehead atoms. The molecular weight excluding hydrogens is 262 g/mol. The van der Waals surface area contributed by atoms with Crippen molar-refractivity contribution < 1.29 is 4.74 Å². The second kappa shape index (κ2) is 6.01. The van der Waals surface area contributed by atoms with Gasteiger partial charge in [-0.25, -0.2) is 9.97 Å². The summed E-state index contributed by atoms with van der Waals surface area (Å²) in [7, 11) is 1.82. The molecule has 0 unspecified atom stereocenters. The molecule has 4 nitrogen and oxygen atoms in total. The molecule has 2 heterocycles. The van der Waals surface area contributed by atoms with Gasteiger partial charge in [-0.1, -0.05) is 33.1 Å². The van der Waals surface area contributed by atoms with E-state index in [-0.39, 0.29) is 5.60 Å². The fourth-order valence-electron chi connectivity index (χ4n) is 3.69. The Morgan fingerprint density at radius 3 is 2.57 bits per heavy atom. The number of hydrogen-bond acceptors (Lipinski definition) is 4. The van der Waals surface area contributed by atoms with E-state index in [0.29, 0.717) is 5.92 Å². The summed E-state index contributed by atoms with van der Waals surface area (Å²) >= 11 is 0. The minimum Gasteiger partial charge on any atom is -0.370 e. The van der Waals surface area contributed by atoms with Crippen LogP contribution in [0.25, 0.3) is 0 Å². The fourth-order valence-corrected chi connectivity index (χ4v) is 3.69. The summed E-state index contributed by atoms with van der Waals surface area (Å²) in [6, 6.07) is 0. The predicted molar refractivity (Wildman–Crippen MR) is 83.3 cm³/mol. The predicted octanol–water partition coefficient (Wildman–Crippen LogP) is 3.05. The third kappa shape index (κ3) is 2.71. The summed E-state index contributed by atoms with van der Waals surface area (Å²) in [5.41, 5.74) is 3.53. The lowest BCUT2D eigenvalue weighted by molar-refractivity contribution is -0.0518. The first-order valence-electron chi connectivity index (χ1n) is 8.32. The molecule has 2 aliphatic rings. The van der Waals surface area contributed by atoms with Crippen LogP contribution in [0.5, 0.6) is 0 Å². The smallest absolute Gasteiger partial charge is 0.160 e. The SMILES string of the molecule is COC1(c2nc3c(c(C(C)C)n2)CNCC3)CCCCC1. The molecule has 1 aromatic rings. The number of fused-ring (bicyclic) bond motifs is 1. The summed E-state index contributed by atoms with van der Waals surface area (Å²) in [4.78, 5) is 9.92. The van der Waals surface area contributed by atoms with Crippen LogP contribution in [0, 0.1) is 0 Å². The van der Waals surface area contributed by atoms with Crippen LogP contribution in [0.1, 0.15) is 74.6 Å². The molecule has 0 atom stereocenters. The Kier molecular flexibility index (Phi) is 4.27. The van der Waals surface area contributed by atoms with Crippen LogP contribution in [-0.4, -0.2) is 23.6 Å². The highest BCUT2D eigenvalue weighted by atomic mass is 16.5. The molecular formula is C17H27N3O. The molecule has 1 saturated carbocycles. The van der Waals surface area contributed by atoms with E-state index in [9.17, 15) is 0 Å². The number of aromatic nitrogens is 2. The lowest BCUT2D eigenvalue weighted by Crippen LogP contribution is -2.36. The molecule has 116 valence electrons. The molecule has 1 N–H and O–H groups in total. The molecule has 4 heteroatoms. The van der Waals surface area contributed by atoms with Gasteiger partial charge in [0.1, 0.15) is 5.60 Å². The topological polar surface area (TPSA) is 47.0 Å². The second-order valence-corrected chi connectivity index (χ2v) is 6.70. The molecule has 1 aliphatic heterocycles. The average Bonchev–Trinajstić information content (AvgIpc) is 2.54. The maximum Gasteiger partial charge on any atom is 0.160 e. The Bertz CT molecular complexity index is 507. The minimum atomic E-state index is -0.248. The van der Waals surface area contributed by atoms with Crippen LogP contribution < -0.4 is 5.32 Å². The molecule has 0 radical (unpaired) electrons. The van der Waals surface area contributed by atoms with Crippen molar-refractivity contribution in [2.24, 2.45) is 0 Å². The molecule has 0 amide bonds. The molecule has 0 aromatic carbocycles. The first-order chi connectivity index (χ1) is 10.2. The zero-order chi connectivity index (χ0) is 14.9. The first kappa shape index (κ1) is 14.9. The quantitative estimate of drug-likeness (QED) is 0.929. The molecule has 1 fully saturated rings. The van der Waals surface area contributed by atoms with Gasteiger partial charge in [0, 0.05) is 32.2 Å². The van der Waals surface area contributed by atoms with Gasteiger partial charge in [0.25, 0.3) is 0 Å². The Labute approximate surface area is 127 Å². The lowest BCUT2D eigenvalue weighted by atomic mass is 9.83. The molecule has 21 heavy (non-hydrogen) atoms. The molecule has 0 saturated heterocycles. The number of ether oxygens (including phenoxy) is 1. The van der Waals surface area contributed by atoms with Gasteiger partial charge < -0.3 is 10.1 Å². The van der Waals surface area contributed by atoms with Crippen molar-refractivity contribution in [2.75, 3.05) is 13.7 Å². The third-order valence-corrected chi connectivity index (χ3v) is 4.97. The molecule has 0 spiro atoms. The minimum absolute atomic E-state index is 0.248. The van der Waals surface area contributed by atoms with Crippen molar-refractivity contribution >= 4 is 0 Å². The molecule has 3 rings (SSSR count). The third-order valence-electron chi connectivity index (χ3n) is 4.97. The highest BCUT2D eigenvalue weighted by Crippen LogP contribution is 2.39. The van der Waals surface area contributed by atoms with Crippen LogP contribution >= 0.6 is 0 Å². The Hall–Kier alpha value is -1.00. The number of nitrogens with one attached hydrogen (secondary N) is 1. The van der Waals surface area contributed by atoms with Gasteiger partial charge >= 0.3 is 0 Å². The Morgan fingerprint density at radius 2 is 1.90 bits per heavy atom. The van der Waals surface area contributed by atoms with E-state index in [1.807, 2.05) is 7.11 Å². The van der Waals surface area contributed by atoms with E-state index in [4.69, 9.17) is 14.7 Å². The summed E-state index contributed by atoms with van der Waals surface area (Å²) in [6.45, 7) is 6.37. The van der Waals surface area contributed by atoms with Gasteiger partial charge in [-0.2, -0.15) is 0 Å². The second-order valence-electron chi connectivity index (χ2n) is 6.70. The van der Waals surface area contributed by atoms with Gasteiger partial charge in [0.15, 0.2) is 5.82 Å². The first-order valence-corrected chi connectivity index (χ1v) is 8.32. The highest BCUT2D eigenvalue weighted by Gasteiger charge is 2.38. The fraction of sp³-hybridized carbons (Fsp3) is 0.765. The number of nitrogens with zero attached hydrogens (tertiary/aromatic N) is 2. The van der Waals surface area contributed by atoms with Crippen molar-refractivity contribution in [2.45, 2.75) is 70.4 Å². The average molecular weight is 289 g/mol. The van der Waals surface area contributed by atoms with E-state index in [1.165, 1.54) is 36.2 Å². The molecule has 1 aliphatic carbocycles. The van der Waals surface area contributed by atoms with E-state index in [1.54, 1.807) is 0 Å². The van der Waals surface area contributed by atoms with Crippen LogP contribution in [0.2, 0.25) is 0 Å². The van der Waals surface area contributed by atoms with Gasteiger partial charge in [-0.05, 0) is 18.8 Å². The summed E-state index contributed by atoms with van der Waals surface area (Å²) in [6.07, 6.45) is 6.84. The van der Waals surface area contributed by atoms with Gasteiger partial charge in [-0.15, -0.1) is 0 Å². The van der Waals surface area contributed by atoms with E-state index in [2.05, 4.69) is 19.2 Å². The Morgan fingerprint density at radius 1 is 1.14 bits per heavy atom. The monoisotopic (exact) mass is 289 g/mol.